The molecule has 1 atom stereocenters. The lowest BCUT2D eigenvalue weighted by Crippen LogP contribution is -2.41. The molecule has 2 aromatic rings. The van der Waals surface area contributed by atoms with Gasteiger partial charge in [0.15, 0.2) is 5.96 Å². The predicted octanol–water partition coefficient (Wildman–Crippen LogP) is 2.97. The van der Waals surface area contributed by atoms with Gasteiger partial charge in [0.1, 0.15) is 0 Å². The highest BCUT2D eigenvalue weighted by molar-refractivity contribution is 14.0. The van der Waals surface area contributed by atoms with Gasteiger partial charge in [-0.1, -0.05) is 36.4 Å². The monoisotopic (exact) mass is 493 g/mol. The number of halogens is 1. The van der Waals surface area contributed by atoms with Crippen molar-refractivity contribution in [3.8, 4) is 0 Å². The molecule has 1 fully saturated rings. The number of pyridine rings is 1. The van der Waals surface area contributed by atoms with Crippen LogP contribution >= 0.6 is 24.0 Å². The van der Waals surface area contributed by atoms with Gasteiger partial charge >= 0.3 is 0 Å². The fraction of sp³-hybridized carbons (Fsp3) is 0.455. The number of hydrogen-bond acceptors (Lipinski definition) is 3. The van der Waals surface area contributed by atoms with Crippen molar-refractivity contribution in [3.05, 3.63) is 66.0 Å². The highest BCUT2D eigenvalue weighted by atomic mass is 127. The van der Waals surface area contributed by atoms with Gasteiger partial charge < -0.3 is 15.5 Å². The maximum atomic E-state index is 4.35. The van der Waals surface area contributed by atoms with Crippen molar-refractivity contribution in [2.75, 3.05) is 39.8 Å². The van der Waals surface area contributed by atoms with Crippen LogP contribution in [0.1, 0.15) is 17.7 Å². The molecule has 0 spiro atoms. The Morgan fingerprint density at radius 2 is 1.93 bits per heavy atom. The summed E-state index contributed by atoms with van der Waals surface area (Å²) in [6.07, 6.45) is 5.13. The Morgan fingerprint density at radius 3 is 2.68 bits per heavy atom. The van der Waals surface area contributed by atoms with Crippen LogP contribution in [-0.4, -0.2) is 55.6 Å². The molecule has 0 bridgehead atoms. The molecule has 0 radical (unpaired) electrons. The van der Waals surface area contributed by atoms with Crippen LogP contribution in [0.25, 0.3) is 0 Å². The fourth-order valence-electron chi connectivity index (χ4n) is 3.53. The molecule has 1 aromatic carbocycles. The molecular formula is C22H32IN5. The van der Waals surface area contributed by atoms with Crippen LogP contribution in [-0.2, 0) is 12.8 Å². The van der Waals surface area contributed by atoms with Crippen molar-refractivity contribution < 1.29 is 0 Å². The average molecular weight is 493 g/mol. The van der Waals surface area contributed by atoms with Crippen molar-refractivity contribution >= 4 is 29.9 Å². The van der Waals surface area contributed by atoms with Gasteiger partial charge in [0, 0.05) is 51.5 Å². The van der Waals surface area contributed by atoms with E-state index in [1.807, 2.05) is 25.4 Å². The van der Waals surface area contributed by atoms with Crippen LogP contribution in [0.15, 0.2) is 59.7 Å². The molecule has 3 rings (SSSR count). The van der Waals surface area contributed by atoms with Crippen molar-refractivity contribution in [1.29, 1.82) is 0 Å². The lowest BCUT2D eigenvalue weighted by atomic mass is 10.1. The Labute approximate surface area is 186 Å². The van der Waals surface area contributed by atoms with Crippen molar-refractivity contribution in [1.82, 2.24) is 20.5 Å². The Kier molecular flexibility index (Phi) is 10.3. The molecule has 2 heterocycles. The Morgan fingerprint density at radius 1 is 1.11 bits per heavy atom. The summed E-state index contributed by atoms with van der Waals surface area (Å²) in [7, 11) is 1.83. The SMILES string of the molecule is CN=C(NCCc1ccccn1)NCC1CCN(CCc2ccccc2)C1.I. The van der Waals surface area contributed by atoms with Crippen LogP contribution < -0.4 is 10.6 Å². The second-order valence-corrected chi connectivity index (χ2v) is 7.14. The molecule has 0 aliphatic carbocycles. The van der Waals surface area contributed by atoms with Gasteiger partial charge in [-0.15, -0.1) is 24.0 Å². The van der Waals surface area contributed by atoms with E-state index in [4.69, 9.17) is 0 Å². The number of aromatic nitrogens is 1. The number of likely N-dealkylation sites (tertiary alicyclic amines) is 1. The zero-order valence-corrected chi connectivity index (χ0v) is 19.0. The van der Waals surface area contributed by atoms with Crippen LogP contribution in [0.4, 0.5) is 0 Å². The van der Waals surface area contributed by atoms with E-state index < -0.39 is 0 Å². The predicted molar refractivity (Wildman–Crippen MR) is 127 cm³/mol. The number of hydrogen-bond donors (Lipinski definition) is 2. The summed E-state index contributed by atoms with van der Waals surface area (Å²) in [5, 5.41) is 6.87. The van der Waals surface area contributed by atoms with E-state index in [1.165, 1.54) is 25.1 Å². The van der Waals surface area contributed by atoms with Gasteiger partial charge in [0.25, 0.3) is 0 Å². The molecule has 1 aromatic heterocycles. The van der Waals surface area contributed by atoms with E-state index in [0.29, 0.717) is 5.92 Å². The molecule has 0 amide bonds. The highest BCUT2D eigenvalue weighted by Gasteiger charge is 2.22. The number of benzene rings is 1. The Hall–Kier alpha value is -1.67. The molecule has 0 saturated carbocycles. The maximum absolute atomic E-state index is 4.35. The first-order valence-corrected chi connectivity index (χ1v) is 9.94. The smallest absolute Gasteiger partial charge is 0.190 e. The number of nitrogens with zero attached hydrogens (tertiary/aromatic N) is 3. The quantitative estimate of drug-likeness (QED) is 0.338. The van der Waals surface area contributed by atoms with Gasteiger partial charge in [-0.3, -0.25) is 9.98 Å². The molecule has 1 aliphatic rings. The summed E-state index contributed by atoms with van der Waals surface area (Å²) in [5.41, 5.74) is 2.53. The summed E-state index contributed by atoms with van der Waals surface area (Å²) in [6, 6.07) is 16.8. The standard InChI is InChI=1S/C22H31N5.HI/c1-23-22(25-14-10-21-9-5-6-13-24-21)26-17-20-12-16-27(18-20)15-11-19-7-3-2-4-8-19;/h2-9,13,20H,10-12,14-18H2,1H3,(H2,23,25,26);1H. The van der Waals surface area contributed by atoms with Crippen LogP contribution in [0, 0.1) is 5.92 Å². The summed E-state index contributed by atoms with van der Waals surface area (Å²) >= 11 is 0. The third-order valence-corrected chi connectivity index (χ3v) is 5.11. The minimum absolute atomic E-state index is 0. The summed E-state index contributed by atoms with van der Waals surface area (Å²) in [5.74, 6) is 1.57. The first-order chi connectivity index (χ1) is 13.3. The fourth-order valence-corrected chi connectivity index (χ4v) is 3.53. The molecule has 6 heteroatoms. The van der Waals surface area contributed by atoms with E-state index in [1.54, 1.807) is 0 Å². The Balaban J connectivity index is 0.00000280. The second kappa shape index (κ2) is 12.7. The van der Waals surface area contributed by atoms with Crippen molar-refractivity contribution in [2.45, 2.75) is 19.3 Å². The first kappa shape index (κ1) is 22.6. The molecule has 1 unspecified atom stereocenters. The van der Waals surface area contributed by atoms with E-state index >= 15 is 0 Å². The van der Waals surface area contributed by atoms with Gasteiger partial charge in [0.05, 0.1) is 0 Å². The van der Waals surface area contributed by atoms with Crippen molar-refractivity contribution in [2.24, 2.45) is 10.9 Å². The molecule has 152 valence electrons. The minimum atomic E-state index is 0. The van der Waals surface area contributed by atoms with Gasteiger partial charge in [-0.25, -0.2) is 0 Å². The third kappa shape index (κ3) is 7.75. The lowest BCUT2D eigenvalue weighted by molar-refractivity contribution is 0.328. The first-order valence-electron chi connectivity index (χ1n) is 9.94. The van der Waals surface area contributed by atoms with Gasteiger partial charge in [-0.2, -0.15) is 0 Å². The van der Waals surface area contributed by atoms with E-state index in [9.17, 15) is 0 Å². The maximum Gasteiger partial charge on any atom is 0.190 e. The second-order valence-electron chi connectivity index (χ2n) is 7.14. The largest absolute Gasteiger partial charge is 0.356 e. The highest BCUT2D eigenvalue weighted by Crippen LogP contribution is 2.15. The minimum Gasteiger partial charge on any atom is -0.356 e. The number of aliphatic imine (C=N–C) groups is 1. The molecule has 5 nitrogen and oxygen atoms in total. The van der Waals surface area contributed by atoms with E-state index in [-0.39, 0.29) is 24.0 Å². The van der Waals surface area contributed by atoms with Gasteiger partial charge in [0.2, 0.25) is 0 Å². The van der Waals surface area contributed by atoms with Gasteiger partial charge in [-0.05, 0) is 43.0 Å². The average Bonchev–Trinajstić information content (AvgIpc) is 3.18. The molecule has 28 heavy (non-hydrogen) atoms. The topological polar surface area (TPSA) is 52.6 Å². The lowest BCUT2D eigenvalue weighted by Gasteiger charge is -2.17. The Bertz CT molecular complexity index is 693. The number of nitrogens with one attached hydrogen (secondary N) is 2. The summed E-state index contributed by atoms with van der Waals surface area (Å²) < 4.78 is 0. The van der Waals surface area contributed by atoms with E-state index in [0.717, 1.165) is 44.1 Å². The zero-order chi connectivity index (χ0) is 18.7. The summed E-state index contributed by atoms with van der Waals surface area (Å²) in [4.78, 5) is 11.3. The molecule has 1 saturated heterocycles. The molecular weight excluding hydrogens is 461 g/mol. The van der Waals surface area contributed by atoms with Crippen molar-refractivity contribution in [3.63, 3.8) is 0 Å². The van der Waals surface area contributed by atoms with Crippen LogP contribution in [0.3, 0.4) is 0 Å². The third-order valence-electron chi connectivity index (χ3n) is 5.11. The summed E-state index contributed by atoms with van der Waals surface area (Å²) in [6.45, 7) is 5.34. The zero-order valence-electron chi connectivity index (χ0n) is 16.7. The number of rotatable bonds is 8. The van der Waals surface area contributed by atoms with Crippen LogP contribution in [0.2, 0.25) is 0 Å². The number of guanidine groups is 1. The molecule has 2 N–H and O–H groups in total. The van der Waals surface area contributed by atoms with Crippen LogP contribution in [0.5, 0.6) is 0 Å². The molecule has 1 aliphatic heterocycles. The van der Waals surface area contributed by atoms with E-state index in [2.05, 4.69) is 61.9 Å². The normalized spacial score (nSPS) is 17.2.